The molecule has 0 saturated heterocycles. The van der Waals surface area contributed by atoms with Gasteiger partial charge in [-0.25, -0.2) is 8.78 Å². The first-order valence-electron chi connectivity index (χ1n) is 8.79. The fourth-order valence-electron chi connectivity index (χ4n) is 5.34. The van der Waals surface area contributed by atoms with E-state index in [0.29, 0.717) is 11.8 Å². The lowest BCUT2D eigenvalue weighted by Crippen LogP contribution is -2.40. The average Bonchev–Trinajstić information content (AvgIpc) is 2.72. The van der Waals surface area contributed by atoms with E-state index in [4.69, 9.17) is 0 Å². The molecule has 2 aliphatic rings. The first kappa shape index (κ1) is 17.7. The lowest BCUT2D eigenvalue weighted by molar-refractivity contribution is -0.00122. The SMILES string of the molecule is CC(C)=C/C=C1\CCC[C@]2(C)[C@@H](C(C)(C)CC(F)F)CC[C@@H]12. The van der Waals surface area contributed by atoms with Gasteiger partial charge in [0.2, 0.25) is 6.43 Å². The van der Waals surface area contributed by atoms with Gasteiger partial charge in [-0.1, -0.05) is 44.1 Å². The number of allylic oxidation sites excluding steroid dienone is 4. The van der Waals surface area contributed by atoms with Crippen LogP contribution >= 0.6 is 0 Å². The molecule has 0 bridgehead atoms. The Morgan fingerprint density at radius 2 is 2.00 bits per heavy atom. The zero-order valence-electron chi connectivity index (χ0n) is 14.9. The van der Waals surface area contributed by atoms with E-state index in [1.54, 1.807) is 5.57 Å². The van der Waals surface area contributed by atoms with E-state index in [2.05, 4.69) is 46.8 Å². The van der Waals surface area contributed by atoms with Crippen LogP contribution in [0.1, 0.15) is 73.1 Å². The number of alkyl halides is 2. The molecule has 0 aromatic rings. The molecule has 0 amide bonds. The van der Waals surface area contributed by atoms with Crippen molar-refractivity contribution in [3.63, 3.8) is 0 Å². The maximum atomic E-state index is 13.0. The minimum Gasteiger partial charge on any atom is -0.211 e. The molecule has 0 aromatic heterocycles. The molecule has 2 rings (SSSR count). The van der Waals surface area contributed by atoms with Crippen LogP contribution in [0.25, 0.3) is 0 Å². The van der Waals surface area contributed by atoms with E-state index in [1.165, 1.54) is 31.3 Å². The topological polar surface area (TPSA) is 0 Å². The monoisotopic (exact) mass is 310 g/mol. The largest absolute Gasteiger partial charge is 0.239 e. The van der Waals surface area contributed by atoms with Gasteiger partial charge in [0, 0.05) is 6.42 Å². The van der Waals surface area contributed by atoms with Gasteiger partial charge in [0.1, 0.15) is 0 Å². The number of hydrogen-bond acceptors (Lipinski definition) is 0. The fraction of sp³-hybridized carbons (Fsp3) is 0.800. The van der Waals surface area contributed by atoms with E-state index in [-0.39, 0.29) is 17.3 Å². The van der Waals surface area contributed by atoms with Crippen LogP contribution in [0.4, 0.5) is 8.78 Å². The third-order valence-electron chi connectivity index (χ3n) is 6.22. The highest BCUT2D eigenvalue weighted by Gasteiger charge is 2.54. The Morgan fingerprint density at radius 3 is 2.59 bits per heavy atom. The maximum absolute atomic E-state index is 13.0. The molecular weight excluding hydrogens is 278 g/mol. The second-order valence-electron chi connectivity index (χ2n) is 8.61. The molecule has 3 atom stereocenters. The van der Waals surface area contributed by atoms with Gasteiger partial charge in [-0.05, 0) is 68.6 Å². The predicted molar refractivity (Wildman–Crippen MR) is 90.1 cm³/mol. The molecule has 0 aromatic carbocycles. The summed E-state index contributed by atoms with van der Waals surface area (Å²) in [5, 5.41) is 0. The van der Waals surface area contributed by atoms with Gasteiger partial charge in [-0.2, -0.15) is 0 Å². The summed E-state index contributed by atoms with van der Waals surface area (Å²) >= 11 is 0. The molecule has 0 heterocycles. The summed E-state index contributed by atoms with van der Waals surface area (Å²) < 4.78 is 26.0. The zero-order valence-corrected chi connectivity index (χ0v) is 14.9. The molecule has 22 heavy (non-hydrogen) atoms. The summed E-state index contributed by atoms with van der Waals surface area (Å²) in [5.74, 6) is 1.01. The molecule has 0 unspecified atom stereocenters. The number of hydrogen-bond donors (Lipinski definition) is 0. The van der Waals surface area contributed by atoms with Gasteiger partial charge in [0.15, 0.2) is 0 Å². The van der Waals surface area contributed by atoms with Crippen molar-refractivity contribution < 1.29 is 8.78 Å². The molecule has 0 N–H and O–H groups in total. The van der Waals surface area contributed by atoms with E-state index in [1.807, 2.05) is 0 Å². The van der Waals surface area contributed by atoms with Crippen molar-refractivity contribution in [3.05, 3.63) is 23.3 Å². The molecular formula is C20H32F2. The van der Waals surface area contributed by atoms with Gasteiger partial charge in [-0.3, -0.25) is 0 Å². The lowest BCUT2D eigenvalue weighted by Gasteiger charge is -2.48. The van der Waals surface area contributed by atoms with Crippen LogP contribution in [0.3, 0.4) is 0 Å². The second kappa shape index (κ2) is 6.45. The summed E-state index contributed by atoms with van der Waals surface area (Å²) in [7, 11) is 0. The van der Waals surface area contributed by atoms with Crippen LogP contribution in [0.5, 0.6) is 0 Å². The summed E-state index contributed by atoms with van der Waals surface area (Å²) in [6.45, 7) is 10.7. The van der Waals surface area contributed by atoms with Crippen LogP contribution in [0.15, 0.2) is 23.3 Å². The smallest absolute Gasteiger partial charge is 0.211 e. The van der Waals surface area contributed by atoms with Crippen LogP contribution in [0.2, 0.25) is 0 Å². The maximum Gasteiger partial charge on any atom is 0.239 e. The first-order chi connectivity index (χ1) is 10.2. The predicted octanol–water partition coefficient (Wildman–Crippen LogP) is 6.78. The molecule has 2 saturated carbocycles. The van der Waals surface area contributed by atoms with Crippen LogP contribution in [-0.4, -0.2) is 6.43 Å². The molecule has 126 valence electrons. The number of rotatable bonds is 4. The Balaban J connectivity index is 2.26. The van der Waals surface area contributed by atoms with Crippen molar-refractivity contribution in [2.24, 2.45) is 22.7 Å². The fourth-order valence-corrected chi connectivity index (χ4v) is 5.34. The minimum absolute atomic E-state index is 0.0347. The third kappa shape index (κ3) is 3.46. The van der Waals surface area contributed by atoms with Crippen molar-refractivity contribution >= 4 is 0 Å². The summed E-state index contributed by atoms with van der Waals surface area (Å²) in [4.78, 5) is 0. The Morgan fingerprint density at radius 1 is 1.32 bits per heavy atom. The number of halogens is 2. The van der Waals surface area contributed by atoms with Crippen LogP contribution in [0, 0.1) is 22.7 Å². The Kier molecular flexibility index (Phi) is 5.19. The highest BCUT2D eigenvalue weighted by molar-refractivity contribution is 5.24. The normalized spacial score (nSPS) is 34.1. The molecule has 2 aliphatic carbocycles. The summed E-state index contributed by atoms with van der Waals surface area (Å²) in [6, 6.07) is 0. The van der Waals surface area contributed by atoms with Crippen molar-refractivity contribution in [1.29, 1.82) is 0 Å². The minimum atomic E-state index is -2.19. The molecule has 2 heteroatoms. The molecule has 0 spiro atoms. The Hall–Kier alpha value is -0.660. The van der Waals surface area contributed by atoms with Crippen LogP contribution < -0.4 is 0 Å². The Bertz CT molecular complexity index is 454. The van der Waals surface area contributed by atoms with Crippen molar-refractivity contribution in [2.75, 3.05) is 0 Å². The van der Waals surface area contributed by atoms with Gasteiger partial charge >= 0.3 is 0 Å². The van der Waals surface area contributed by atoms with E-state index < -0.39 is 6.43 Å². The van der Waals surface area contributed by atoms with Crippen molar-refractivity contribution in [2.45, 2.75) is 79.6 Å². The molecule has 0 aliphatic heterocycles. The third-order valence-corrected chi connectivity index (χ3v) is 6.22. The average molecular weight is 310 g/mol. The zero-order chi connectivity index (χ0) is 16.5. The summed E-state index contributed by atoms with van der Waals surface area (Å²) in [6.07, 6.45) is 8.25. The van der Waals surface area contributed by atoms with E-state index in [0.717, 1.165) is 6.42 Å². The van der Waals surface area contributed by atoms with Crippen LogP contribution in [-0.2, 0) is 0 Å². The van der Waals surface area contributed by atoms with Crippen molar-refractivity contribution in [3.8, 4) is 0 Å². The second-order valence-corrected chi connectivity index (χ2v) is 8.61. The standard InChI is InChI=1S/C20H32F2/c1-14(2)8-9-15-7-6-12-20(5)16(15)10-11-17(20)19(3,4)13-18(21)22/h8-9,16-18H,6-7,10-13H2,1-5H3/b15-9+/t16-,17+,20-/m0/s1. The molecule has 0 nitrogen and oxygen atoms in total. The lowest BCUT2D eigenvalue weighted by atomic mass is 9.57. The van der Waals surface area contributed by atoms with Gasteiger partial charge < -0.3 is 0 Å². The van der Waals surface area contributed by atoms with Gasteiger partial charge in [-0.15, -0.1) is 0 Å². The van der Waals surface area contributed by atoms with Crippen molar-refractivity contribution in [1.82, 2.24) is 0 Å². The summed E-state index contributed by atoms with van der Waals surface area (Å²) in [5.41, 5.74) is 2.83. The molecule has 0 radical (unpaired) electrons. The quantitative estimate of drug-likeness (QED) is 0.537. The Labute approximate surface area is 135 Å². The van der Waals surface area contributed by atoms with Gasteiger partial charge in [0.25, 0.3) is 0 Å². The van der Waals surface area contributed by atoms with E-state index in [9.17, 15) is 8.78 Å². The molecule has 2 fully saturated rings. The first-order valence-corrected chi connectivity index (χ1v) is 8.79. The highest BCUT2D eigenvalue weighted by atomic mass is 19.3. The highest BCUT2D eigenvalue weighted by Crippen LogP contribution is 2.62. The van der Waals surface area contributed by atoms with Gasteiger partial charge in [0.05, 0.1) is 0 Å². The van der Waals surface area contributed by atoms with E-state index >= 15 is 0 Å². The number of fused-ring (bicyclic) bond motifs is 1.